The summed E-state index contributed by atoms with van der Waals surface area (Å²) in [5, 5.41) is 13.7. The van der Waals surface area contributed by atoms with Crippen molar-refractivity contribution in [1.82, 2.24) is 20.1 Å². The summed E-state index contributed by atoms with van der Waals surface area (Å²) in [6.45, 7) is 0. The molecule has 31 heavy (non-hydrogen) atoms. The van der Waals surface area contributed by atoms with E-state index in [0.29, 0.717) is 29.5 Å². The molecule has 1 saturated carbocycles. The van der Waals surface area contributed by atoms with E-state index in [1.165, 1.54) is 18.3 Å². The fourth-order valence-electron chi connectivity index (χ4n) is 3.24. The second-order valence-corrected chi connectivity index (χ2v) is 7.25. The number of benzene rings is 1. The molecule has 2 heterocycles. The normalized spacial score (nSPS) is 14.6. The van der Waals surface area contributed by atoms with Gasteiger partial charge in [-0.2, -0.15) is 18.4 Å². The molecule has 1 atom stereocenters. The maximum atomic E-state index is 13.1. The number of alkyl halides is 3. The maximum Gasteiger partial charge on any atom is 0.408 e. The van der Waals surface area contributed by atoms with E-state index < -0.39 is 29.6 Å². The maximum absolute atomic E-state index is 13.1. The molecule has 2 aromatic heterocycles. The molecule has 3 aromatic rings. The van der Waals surface area contributed by atoms with Crippen molar-refractivity contribution in [3.63, 3.8) is 0 Å². The van der Waals surface area contributed by atoms with E-state index in [9.17, 15) is 22.8 Å². The topological polar surface area (TPSA) is 104 Å². The molecule has 4 rings (SSSR count). The number of carbonyl (C=O) groups excluding carboxylic acids is 1. The summed E-state index contributed by atoms with van der Waals surface area (Å²) in [6.07, 6.45) is -1.04. The summed E-state index contributed by atoms with van der Waals surface area (Å²) >= 11 is 0. The van der Waals surface area contributed by atoms with Gasteiger partial charge in [0.25, 0.3) is 11.5 Å². The lowest BCUT2D eigenvalue weighted by Gasteiger charge is -2.21. The largest absolute Gasteiger partial charge is 0.408 e. The molecule has 0 aliphatic heterocycles. The van der Waals surface area contributed by atoms with Crippen LogP contribution in [0.5, 0.6) is 0 Å². The monoisotopic (exact) mass is 427 g/mol. The van der Waals surface area contributed by atoms with Crippen LogP contribution in [0, 0.1) is 17.2 Å². The van der Waals surface area contributed by atoms with Gasteiger partial charge < -0.3 is 5.32 Å². The van der Waals surface area contributed by atoms with Crippen LogP contribution >= 0.6 is 0 Å². The molecule has 0 spiro atoms. The van der Waals surface area contributed by atoms with Crippen molar-refractivity contribution in [1.29, 1.82) is 5.26 Å². The number of carbonyl (C=O) groups is 1. The zero-order valence-electron chi connectivity index (χ0n) is 16.0. The highest BCUT2D eigenvalue weighted by molar-refractivity contribution is 5.94. The van der Waals surface area contributed by atoms with E-state index >= 15 is 0 Å². The lowest BCUT2D eigenvalue weighted by Crippen LogP contribution is -2.46. The van der Waals surface area contributed by atoms with Crippen molar-refractivity contribution in [3.8, 4) is 23.0 Å². The number of rotatable bonds is 5. The van der Waals surface area contributed by atoms with Gasteiger partial charge in [0.15, 0.2) is 5.82 Å². The Labute approximate surface area is 174 Å². The molecule has 158 valence electrons. The molecule has 0 radical (unpaired) electrons. The number of hydrogen-bond donors (Lipinski definition) is 2. The van der Waals surface area contributed by atoms with Crippen molar-refractivity contribution in [2.45, 2.75) is 25.1 Å². The van der Waals surface area contributed by atoms with Gasteiger partial charge in [0, 0.05) is 12.4 Å². The fraction of sp³-hybridized carbons (Fsp3) is 0.238. The molecule has 1 aromatic carbocycles. The smallest absolute Gasteiger partial charge is 0.340 e. The average Bonchev–Trinajstić information content (AvgIpc) is 3.52. The predicted octanol–water partition coefficient (Wildman–Crippen LogP) is 3.17. The number of nitriles is 1. The van der Waals surface area contributed by atoms with Gasteiger partial charge in [-0.1, -0.05) is 12.1 Å². The Kier molecular flexibility index (Phi) is 5.10. The Hall–Kier alpha value is -3.87. The molecule has 1 aliphatic rings. The third-order valence-electron chi connectivity index (χ3n) is 5.07. The lowest BCUT2D eigenvalue weighted by molar-refractivity contribution is -0.158. The van der Waals surface area contributed by atoms with Crippen molar-refractivity contribution >= 4 is 5.91 Å². The van der Waals surface area contributed by atoms with E-state index in [-0.39, 0.29) is 11.4 Å². The average molecular weight is 427 g/mol. The van der Waals surface area contributed by atoms with Crippen molar-refractivity contribution < 1.29 is 18.0 Å². The minimum absolute atomic E-state index is 0.0365. The van der Waals surface area contributed by atoms with Gasteiger partial charge in [-0.3, -0.25) is 14.7 Å². The summed E-state index contributed by atoms with van der Waals surface area (Å²) in [4.78, 5) is 29.0. The zero-order chi connectivity index (χ0) is 22.2. The van der Waals surface area contributed by atoms with Crippen LogP contribution in [0.25, 0.3) is 16.9 Å². The molecule has 0 saturated heterocycles. The van der Waals surface area contributed by atoms with E-state index in [1.807, 2.05) is 11.4 Å². The first-order valence-corrected chi connectivity index (χ1v) is 9.43. The zero-order valence-corrected chi connectivity index (χ0v) is 16.0. The first-order chi connectivity index (χ1) is 14.8. The minimum atomic E-state index is -4.51. The number of hydrogen-bond acceptors (Lipinski definition) is 4. The van der Waals surface area contributed by atoms with Crippen LogP contribution in [0.2, 0.25) is 0 Å². The molecule has 7 nitrogen and oxygen atoms in total. The van der Waals surface area contributed by atoms with Crippen LogP contribution in [-0.2, 0) is 0 Å². The number of amides is 1. The van der Waals surface area contributed by atoms with Crippen LogP contribution in [0.15, 0.2) is 53.6 Å². The van der Waals surface area contributed by atoms with Crippen LogP contribution in [0.4, 0.5) is 13.2 Å². The van der Waals surface area contributed by atoms with E-state index in [1.54, 1.807) is 24.3 Å². The molecule has 10 heteroatoms. The molecular weight excluding hydrogens is 411 g/mol. The quantitative estimate of drug-likeness (QED) is 0.653. The standard InChI is InChI=1S/C21H16F3N5O2/c22-21(23,24)18(14-5-6-14)28-19(30)15-7-8-17(26-10-15)29-20(31)16(11-27-29)13-3-1-12(9-25)2-4-13/h1-4,7-8,10-11,14,18,27H,5-6H2,(H,28,30). The highest BCUT2D eigenvalue weighted by atomic mass is 19.4. The van der Waals surface area contributed by atoms with Crippen molar-refractivity contribution in [2.75, 3.05) is 0 Å². The number of H-pyrrole nitrogens is 1. The van der Waals surface area contributed by atoms with E-state index in [0.717, 1.165) is 10.9 Å². The molecule has 1 amide bonds. The molecule has 0 bridgehead atoms. The van der Waals surface area contributed by atoms with Crippen molar-refractivity contribution in [2.24, 2.45) is 5.92 Å². The highest BCUT2D eigenvalue weighted by Crippen LogP contribution is 2.40. The van der Waals surface area contributed by atoms with Gasteiger partial charge in [0.2, 0.25) is 0 Å². The van der Waals surface area contributed by atoms with E-state index in [2.05, 4.69) is 10.1 Å². The molecule has 1 unspecified atom stereocenters. The minimum Gasteiger partial charge on any atom is -0.340 e. The summed E-state index contributed by atoms with van der Waals surface area (Å²) in [5.74, 6) is -1.28. The van der Waals surface area contributed by atoms with Crippen LogP contribution in [0.3, 0.4) is 0 Å². The van der Waals surface area contributed by atoms with Gasteiger partial charge >= 0.3 is 6.18 Å². The fourth-order valence-corrected chi connectivity index (χ4v) is 3.24. The van der Waals surface area contributed by atoms with Crippen LogP contribution in [-0.4, -0.2) is 32.9 Å². The summed E-state index contributed by atoms with van der Waals surface area (Å²) < 4.78 is 40.5. The first kappa shape index (κ1) is 20.4. The number of nitrogens with one attached hydrogen (secondary N) is 2. The number of pyridine rings is 1. The summed E-state index contributed by atoms with van der Waals surface area (Å²) in [7, 11) is 0. The second kappa shape index (κ2) is 7.75. The van der Waals surface area contributed by atoms with Crippen molar-refractivity contribution in [3.05, 3.63) is 70.3 Å². The van der Waals surface area contributed by atoms with Crippen LogP contribution < -0.4 is 10.9 Å². The predicted molar refractivity (Wildman–Crippen MR) is 104 cm³/mol. The van der Waals surface area contributed by atoms with Gasteiger partial charge in [-0.25, -0.2) is 9.67 Å². The van der Waals surface area contributed by atoms with E-state index in [4.69, 9.17) is 5.26 Å². The first-order valence-electron chi connectivity index (χ1n) is 9.43. The van der Waals surface area contributed by atoms with Gasteiger partial charge in [0.1, 0.15) is 6.04 Å². The third kappa shape index (κ3) is 4.21. The van der Waals surface area contributed by atoms with Gasteiger partial charge in [-0.05, 0) is 48.6 Å². The second-order valence-electron chi connectivity index (χ2n) is 7.25. The van der Waals surface area contributed by atoms with Gasteiger partial charge in [0.05, 0.1) is 22.8 Å². The molecule has 1 aliphatic carbocycles. The Morgan fingerprint density at radius 2 is 1.94 bits per heavy atom. The summed E-state index contributed by atoms with van der Waals surface area (Å²) in [5.41, 5.74) is 0.981. The Bertz CT molecular complexity index is 1200. The Balaban J connectivity index is 1.53. The number of aromatic amines is 1. The lowest BCUT2D eigenvalue weighted by atomic mass is 10.1. The SMILES string of the molecule is N#Cc1ccc(-c2c[nH]n(-c3ccc(C(=O)NC(C4CC4)C(F)(F)F)cn3)c2=O)cc1. The molecule has 2 N–H and O–H groups in total. The number of halogens is 3. The number of nitrogens with zero attached hydrogens (tertiary/aromatic N) is 3. The number of aromatic nitrogens is 3. The Morgan fingerprint density at radius 3 is 2.48 bits per heavy atom. The van der Waals surface area contributed by atoms with Crippen LogP contribution in [0.1, 0.15) is 28.8 Å². The third-order valence-corrected chi connectivity index (χ3v) is 5.07. The molecular formula is C21H16F3N5O2. The summed E-state index contributed by atoms with van der Waals surface area (Å²) in [6, 6.07) is 9.28. The molecule has 1 fully saturated rings. The highest BCUT2D eigenvalue weighted by Gasteiger charge is 2.49. The van der Waals surface area contributed by atoms with Gasteiger partial charge in [-0.15, -0.1) is 0 Å². The Morgan fingerprint density at radius 1 is 1.23 bits per heavy atom.